The third kappa shape index (κ3) is 5.36. The number of aryl methyl sites for hydroxylation is 1. The van der Waals surface area contributed by atoms with Gasteiger partial charge in [-0.2, -0.15) is 0 Å². The van der Waals surface area contributed by atoms with Crippen molar-refractivity contribution in [1.29, 1.82) is 0 Å². The first-order chi connectivity index (χ1) is 16.1. The number of carbonyl (C=O) groups excluding carboxylic acids is 1. The number of hydrogen-bond acceptors (Lipinski definition) is 5. The van der Waals surface area contributed by atoms with Crippen LogP contribution >= 0.6 is 0 Å². The summed E-state index contributed by atoms with van der Waals surface area (Å²) in [5.74, 6) is 1.29. The van der Waals surface area contributed by atoms with Crippen LogP contribution < -0.4 is 4.90 Å². The van der Waals surface area contributed by atoms with Gasteiger partial charge in [0.25, 0.3) is 0 Å². The van der Waals surface area contributed by atoms with E-state index in [4.69, 9.17) is 4.42 Å². The predicted octanol–water partition coefficient (Wildman–Crippen LogP) is 5.44. The topological polar surface area (TPSA) is 49.6 Å². The average molecular weight is 446 g/mol. The van der Waals surface area contributed by atoms with Gasteiger partial charge in [-0.15, -0.1) is 0 Å². The highest BCUT2D eigenvalue weighted by atomic mass is 16.3. The van der Waals surface area contributed by atoms with Gasteiger partial charge in [-0.3, -0.25) is 9.69 Å². The molecule has 1 aliphatic heterocycles. The third-order valence-corrected chi connectivity index (χ3v) is 6.90. The number of oxazole rings is 1. The number of rotatable bonds is 9. The molecule has 0 N–H and O–H groups in total. The lowest BCUT2D eigenvalue weighted by Crippen LogP contribution is -2.48. The number of hydrogen-bond donors (Lipinski definition) is 0. The maximum atomic E-state index is 12.6. The SMILES string of the molecule is CCC(CC)C(=O)Cc1ccc(N2CCN(C(c3ccccc3)c3ncco3)CC2)c(C)c1. The highest BCUT2D eigenvalue weighted by Crippen LogP contribution is 2.30. The van der Waals surface area contributed by atoms with Gasteiger partial charge in [0, 0.05) is 44.2 Å². The quantitative estimate of drug-likeness (QED) is 0.439. The van der Waals surface area contributed by atoms with Gasteiger partial charge in [0.15, 0.2) is 0 Å². The highest BCUT2D eigenvalue weighted by molar-refractivity contribution is 5.83. The van der Waals surface area contributed by atoms with Crippen LogP contribution in [0.15, 0.2) is 65.4 Å². The molecule has 0 bridgehead atoms. The molecule has 4 rings (SSSR count). The van der Waals surface area contributed by atoms with Gasteiger partial charge in [0.05, 0.1) is 6.20 Å². The van der Waals surface area contributed by atoms with Crippen molar-refractivity contribution in [2.24, 2.45) is 5.92 Å². The van der Waals surface area contributed by atoms with Crippen LogP contribution in [0.1, 0.15) is 55.3 Å². The second-order valence-electron chi connectivity index (χ2n) is 8.98. The van der Waals surface area contributed by atoms with Crippen LogP contribution in [0.4, 0.5) is 5.69 Å². The fraction of sp³-hybridized carbons (Fsp3) is 0.429. The van der Waals surface area contributed by atoms with Gasteiger partial charge >= 0.3 is 0 Å². The van der Waals surface area contributed by atoms with Gasteiger partial charge in [0.2, 0.25) is 5.89 Å². The summed E-state index contributed by atoms with van der Waals surface area (Å²) in [7, 11) is 0. The number of aromatic nitrogens is 1. The normalized spacial score (nSPS) is 15.7. The van der Waals surface area contributed by atoms with E-state index in [1.165, 1.54) is 16.8 Å². The van der Waals surface area contributed by atoms with E-state index in [1.807, 2.05) is 6.07 Å². The maximum absolute atomic E-state index is 12.6. The molecule has 0 amide bonds. The molecule has 1 atom stereocenters. The molecular formula is C28H35N3O2. The van der Waals surface area contributed by atoms with Crippen LogP contribution in [0.3, 0.4) is 0 Å². The van der Waals surface area contributed by atoms with Crippen molar-refractivity contribution in [3.8, 4) is 0 Å². The Kier molecular flexibility index (Phi) is 7.61. The molecule has 0 aliphatic carbocycles. The zero-order valence-electron chi connectivity index (χ0n) is 20.0. The summed E-state index contributed by atoms with van der Waals surface area (Å²) in [6.45, 7) is 10.1. The van der Waals surface area contributed by atoms with Crippen molar-refractivity contribution in [3.05, 3.63) is 83.6 Å². The minimum absolute atomic E-state index is 0.0305. The van der Waals surface area contributed by atoms with Crippen molar-refractivity contribution in [2.45, 2.75) is 46.1 Å². The number of carbonyl (C=O) groups is 1. The summed E-state index contributed by atoms with van der Waals surface area (Å²) >= 11 is 0. The molecule has 1 saturated heterocycles. The first-order valence-corrected chi connectivity index (χ1v) is 12.2. The first-order valence-electron chi connectivity index (χ1n) is 12.2. The van der Waals surface area contributed by atoms with Gasteiger partial charge in [0.1, 0.15) is 18.1 Å². The summed E-state index contributed by atoms with van der Waals surface area (Å²) in [6, 6.07) is 17.0. The number of piperazine rings is 1. The van der Waals surface area contributed by atoms with E-state index < -0.39 is 0 Å². The number of benzene rings is 2. The smallest absolute Gasteiger partial charge is 0.215 e. The van der Waals surface area contributed by atoms with Crippen LogP contribution in [0.2, 0.25) is 0 Å². The minimum atomic E-state index is 0.0305. The summed E-state index contributed by atoms with van der Waals surface area (Å²) in [6.07, 6.45) is 5.76. The Bertz CT molecular complexity index is 1020. The fourth-order valence-electron chi connectivity index (χ4n) is 5.01. The molecule has 1 unspecified atom stereocenters. The van der Waals surface area contributed by atoms with E-state index >= 15 is 0 Å². The van der Waals surface area contributed by atoms with Gasteiger partial charge in [-0.05, 0) is 42.5 Å². The Morgan fingerprint density at radius 3 is 2.36 bits per heavy atom. The van der Waals surface area contributed by atoms with Crippen molar-refractivity contribution in [3.63, 3.8) is 0 Å². The summed E-state index contributed by atoms with van der Waals surface area (Å²) < 4.78 is 5.72. The number of Topliss-reactive ketones (excluding diaryl/α,β-unsaturated/α-hetero) is 1. The van der Waals surface area contributed by atoms with Crippen LogP contribution in [0.25, 0.3) is 0 Å². The Morgan fingerprint density at radius 1 is 1.03 bits per heavy atom. The van der Waals surface area contributed by atoms with E-state index in [0.717, 1.165) is 50.5 Å². The molecule has 33 heavy (non-hydrogen) atoms. The molecule has 2 aromatic carbocycles. The second-order valence-corrected chi connectivity index (χ2v) is 8.98. The monoisotopic (exact) mass is 445 g/mol. The van der Waals surface area contributed by atoms with Crippen molar-refractivity contribution in [1.82, 2.24) is 9.88 Å². The molecule has 5 heteroatoms. The van der Waals surface area contributed by atoms with Gasteiger partial charge in [-0.1, -0.05) is 56.3 Å². The Labute approximate surface area is 197 Å². The summed E-state index contributed by atoms with van der Waals surface area (Å²) in [5, 5.41) is 0. The van der Waals surface area contributed by atoms with Crippen molar-refractivity contribution in [2.75, 3.05) is 31.1 Å². The zero-order valence-corrected chi connectivity index (χ0v) is 20.0. The van der Waals surface area contributed by atoms with Crippen molar-refractivity contribution >= 4 is 11.5 Å². The van der Waals surface area contributed by atoms with E-state index in [-0.39, 0.29) is 12.0 Å². The van der Waals surface area contributed by atoms with E-state index in [0.29, 0.717) is 12.2 Å². The molecule has 0 radical (unpaired) electrons. The Balaban J connectivity index is 1.43. The molecule has 5 nitrogen and oxygen atoms in total. The first kappa shape index (κ1) is 23.2. The number of ketones is 1. The largest absolute Gasteiger partial charge is 0.447 e. The Morgan fingerprint density at radius 2 is 1.76 bits per heavy atom. The predicted molar refractivity (Wildman–Crippen MR) is 133 cm³/mol. The average Bonchev–Trinajstić information content (AvgIpc) is 3.36. The van der Waals surface area contributed by atoms with Crippen LogP contribution in [0, 0.1) is 12.8 Å². The van der Waals surface area contributed by atoms with Crippen LogP contribution in [-0.4, -0.2) is 41.8 Å². The lowest BCUT2D eigenvalue weighted by Gasteiger charge is -2.40. The third-order valence-electron chi connectivity index (χ3n) is 6.90. The molecule has 1 fully saturated rings. The highest BCUT2D eigenvalue weighted by Gasteiger charge is 2.29. The molecule has 3 aromatic rings. The van der Waals surface area contributed by atoms with Gasteiger partial charge < -0.3 is 9.32 Å². The van der Waals surface area contributed by atoms with Crippen molar-refractivity contribution < 1.29 is 9.21 Å². The minimum Gasteiger partial charge on any atom is -0.447 e. The molecule has 1 aromatic heterocycles. The summed E-state index contributed by atoms with van der Waals surface area (Å²) in [5.41, 5.74) is 4.84. The standard InChI is InChI=1S/C28H35N3O2/c1-4-23(5-2)26(32)20-22-11-12-25(21(3)19-22)30-14-16-31(17-15-30)27(28-29-13-18-33-28)24-9-7-6-8-10-24/h6-13,18-19,23,27H,4-5,14-17,20H2,1-3H3. The van der Waals surface area contributed by atoms with E-state index in [9.17, 15) is 4.79 Å². The fourth-order valence-corrected chi connectivity index (χ4v) is 5.01. The lowest BCUT2D eigenvalue weighted by atomic mass is 9.93. The molecular weight excluding hydrogens is 410 g/mol. The molecule has 0 saturated carbocycles. The number of anilines is 1. The molecule has 1 aliphatic rings. The van der Waals surface area contributed by atoms with Gasteiger partial charge in [-0.25, -0.2) is 4.98 Å². The number of nitrogens with zero attached hydrogens (tertiary/aromatic N) is 3. The lowest BCUT2D eigenvalue weighted by molar-refractivity contribution is -0.122. The van der Waals surface area contributed by atoms with E-state index in [1.54, 1.807) is 12.5 Å². The van der Waals surface area contributed by atoms with Crippen LogP contribution in [0.5, 0.6) is 0 Å². The second kappa shape index (κ2) is 10.8. The molecule has 174 valence electrons. The van der Waals surface area contributed by atoms with Crippen LogP contribution in [-0.2, 0) is 11.2 Å². The molecule has 2 heterocycles. The molecule has 0 spiro atoms. The van der Waals surface area contributed by atoms with E-state index in [2.05, 4.69) is 78.0 Å². The zero-order chi connectivity index (χ0) is 23.2. The Hall–Kier alpha value is -2.92. The maximum Gasteiger partial charge on any atom is 0.215 e. The summed E-state index contributed by atoms with van der Waals surface area (Å²) in [4.78, 5) is 21.9.